The number of aryl methyl sites for hydroxylation is 1. The van der Waals surface area contributed by atoms with Gasteiger partial charge in [-0.25, -0.2) is 0 Å². The van der Waals surface area contributed by atoms with E-state index in [1.165, 1.54) is 0 Å². The number of benzene rings is 1. The average Bonchev–Trinajstić information content (AvgIpc) is 3.56. The Hall–Kier alpha value is -2.75. The molecule has 0 saturated carbocycles. The zero-order valence-electron chi connectivity index (χ0n) is 19.6. The molecule has 0 radical (unpaired) electrons. The molecule has 2 aromatic heterocycles. The summed E-state index contributed by atoms with van der Waals surface area (Å²) < 4.78 is 16.7. The molecular formula is C25H32N4O4S. The molecular weight excluding hydrogens is 452 g/mol. The van der Waals surface area contributed by atoms with Gasteiger partial charge in [0.15, 0.2) is 0 Å². The molecule has 0 unspecified atom stereocenters. The Kier molecular flexibility index (Phi) is 9.06. The standard InChI is InChI=1S/C25H32N4O4S/c1-29(20-10-13-31-14-11-20)12-15-32-21-6-2-5-19(17-21)18-26-23(30)8-3-9-24-27-25(28-33-24)22-7-4-16-34-22/h2,4-7,16-17,20H,3,8-15,18H2,1H3,(H,26,30). The fourth-order valence-electron chi connectivity index (χ4n) is 3.91. The summed E-state index contributed by atoms with van der Waals surface area (Å²) in [6, 6.07) is 12.4. The summed E-state index contributed by atoms with van der Waals surface area (Å²) in [4.78, 5) is 20.0. The first-order valence-corrected chi connectivity index (χ1v) is 12.7. The van der Waals surface area contributed by atoms with Gasteiger partial charge in [-0.1, -0.05) is 23.4 Å². The van der Waals surface area contributed by atoms with Crippen molar-refractivity contribution in [3.8, 4) is 16.5 Å². The molecule has 3 heterocycles. The van der Waals surface area contributed by atoms with Gasteiger partial charge >= 0.3 is 0 Å². The highest BCUT2D eigenvalue weighted by Crippen LogP contribution is 2.21. The quantitative estimate of drug-likeness (QED) is 0.417. The lowest BCUT2D eigenvalue weighted by atomic mass is 10.1. The van der Waals surface area contributed by atoms with Gasteiger partial charge in [0.2, 0.25) is 17.6 Å². The summed E-state index contributed by atoms with van der Waals surface area (Å²) in [7, 11) is 2.15. The Bertz CT molecular complexity index is 1020. The average molecular weight is 485 g/mol. The Balaban J connectivity index is 1.13. The van der Waals surface area contributed by atoms with Crippen molar-refractivity contribution < 1.29 is 18.8 Å². The molecule has 1 aliphatic heterocycles. The van der Waals surface area contributed by atoms with E-state index in [1.54, 1.807) is 11.3 Å². The number of nitrogens with zero attached hydrogens (tertiary/aromatic N) is 3. The van der Waals surface area contributed by atoms with Crippen molar-refractivity contribution in [1.82, 2.24) is 20.4 Å². The topological polar surface area (TPSA) is 89.7 Å². The van der Waals surface area contributed by atoms with Crippen LogP contribution in [0.25, 0.3) is 10.7 Å². The van der Waals surface area contributed by atoms with Crippen LogP contribution in [0.5, 0.6) is 5.75 Å². The number of hydrogen-bond donors (Lipinski definition) is 1. The Labute approximate surface area is 204 Å². The lowest BCUT2D eigenvalue weighted by molar-refractivity contribution is -0.121. The molecule has 0 aliphatic carbocycles. The van der Waals surface area contributed by atoms with Crippen molar-refractivity contribution in [2.24, 2.45) is 0 Å². The molecule has 9 heteroatoms. The maximum absolute atomic E-state index is 12.3. The van der Waals surface area contributed by atoms with Crippen LogP contribution in [-0.2, 0) is 22.5 Å². The van der Waals surface area contributed by atoms with Gasteiger partial charge in [-0.3, -0.25) is 9.69 Å². The first-order chi connectivity index (χ1) is 16.7. The van der Waals surface area contributed by atoms with Crippen LogP contribution in [0.2, 0.25) is 0 Å². The summed E-state index contributed by atoms with van der Waals surface area (Å²) in [5, 5.41) is 8.95. The number of rotatable bonds is 12. The summed E-state index contributed by atoms with van der Waals surface area (Å²) in [6.45, 7) is 3.67. The summed E-state index contributed by atoms with van der Waals surface area (Å²) in [5.74, 6) is 1.99. The van der Waals surface area contributed by atoms with Crippen molar-refractivity contribution >= 4 is 17.2 Å². The maximum Gasteiger partial charge on any atom is 0.226 e. The van der Waals surface area contributed by atoms with E-state index in [0.717, 1.165) is 48.8 Å². The van der Waals surface area contributed by atoms with Gasteiger partial charge in [-0.05, 0) is 55.5 Å². The third kappa shape index (κ3) is 7.38. The van der Waals surface area contributed by atoms with E-state index >= 15 is 0 Å². The predicted molar refractivity (Wildman–Crippen MR) is 131 cm³/mol. The van der Waals surface area contributed by atoms with Crippen LogP contribution in [0.1, 0.15) is 37.1 Å². The Morgan fingerprint density at radius 1 is 1.26 bits per heavy atom. The lowest BCUT2D eigenvalue weighted by Gasteiger charge is -2.31. The Morgan fingerprint density at radius 3 is 2.97 bits per heavy atom. The molecule has 1 fully saturated rings. The molecule has 34 heavy (non-hydrogen) atoms. The molecule has 1 amide bonds. The molecule has 1 N–H and O–H groups in total. The van der Waals surface area contributed by atoms with Crippen LogP contribution in [0, 0.1) is 0 Å². The van der Waals surface area contributed by atoms with E-state index < -0.39 is 0 Å². The van der Waals surface area contributed by atoms with Crippen LogP contribution in [0.4, 0.5) is 0 Å². The second-order valence-electron chi connectivity index (χ2n) is 8.44. The van der Waals surface area contributed by atoms with Crippen LogP contribution in [-0.4, -0.2) is 60.4 Å². The number of ether oxygens (including phenoxy) is 2. The van der Waals surface area contributed by atoms with E-state index in [0.29, 0.717) is 50.2 Å². The van der Waals surface area contributed by atoms with E-state index in [1.807, 2.05) is 41.8 Å². The SMILES string of the molecule is CN(CCOc1cccc(CNC(=O)CCCc2nc(-c3cccs3)no2)c1)C1CCOCC1. The van der Waals surface area contributed by atoms with Gasteiger partial charge in [0, 0.05) is 45.2 Å². The van der Waals surface area contributed by atoms with E-state index in [2.05, 4.69) is 27.4 Å². The normalized spacial score (nSPS) is 14.4. The third-order valence-electron chi connectivity index (χ3n) is 5.92. The number of hydrogen-bond acceptors (Lipinski definition) is 8. The van der Waals surface area contributed by atoms with Gasteiger partial charge in [-0.2, -0.15) is 4.98 Å². The number of nitrogens with one attached hydrogen (secondary N) is 1. The summed E-state index contributed by atoms with van der Waals surface area (Å²) >= 11 is 1.57. The monoisotopic (exact) mass is 484 g/mol. The van der Waals surface area contributed by atoms with Gasteiger partial charge in [-0.15, -0.1) is 11.3 Å². The zero-order valence-corrected chi connectivity index (χ0v) is 20.4. The van der Waals surface area contributed by atoms with Gasteiger partial charge in [0.25, 0.3) is 0 Å². The molecule has 1 aromatic carbocycles. The highest BCUT2D eigenvalue weighted by atomic mass is 32.1. The fraction of sp³-hybridized carbons (Fsp3) is 0.480. The number of carbonyl (C=O) groups is 1. The molecule has 1 saturated heterocycles. The van der Waals surface area contributed by atoms with Crippen molar-refractivity contribution in [3.63, 3.8) is 0 Å². The molecule has 4 rings (SSSR count). The largest absolute Gasteiger partial charge is 0.492 e. The van der Waals surface area contributed by atoms with Gasteiger partial charge in [0.05, 0.1) is 4.88 Å². The third-order valence-corrected chi connectivity index (χ3v) is 6.78. The van der Waals surface area contributed by atoms with Gasteiger partial charge < -0.3 is 19.3 Å². The van der Waals surface area contributed by atoms with E-state index in [4.69, 9.17) is 14.0 Å². The molecule has 0 bridgehead atoms. The molecule has 182 valence electrons. The molecule has 0 atom stereocenters. The zero-order chi connectivity index (χ0) is 23.6. The minimum Gasteiger partial charge on any atom is -0.492 e. The number of likely N-dealkylation sites (N-methyl/N-ethyl adjacent to an activating group) is 1. The number of thiophene rings is 1. The summed E-state index contributed by atoms with van der Waals surface area (Å²) in [5.41, 5.74) is 1.01. The summed E-state index contributed by atoms with van der Waals surface area (Å²) in [6.07, 6.45) is 3.80. The lowest BCUT2D eigenvalue weighted by Crippen LogP contribution is -2.38. The minimum atomic E-state index is 0.00223. The minimum absolute atomic E-state index is 0.00223. The van der Waals surface area contributed by atoms with Crippen LogP contribution >= 0.6 is 11.3 Å². The number of aromatic nitrogens is 2. The highest BCUT2D eigenvalue weighted by Gasteiger charge is 2.18. The van der Waals surface area contributed by atoms with Crippen LogP contribution in [0.15, 0.2) is 46.3 Å². The predicted octanol–water partition coefficient (Wildman–Crippen LogP) is 3.93. The van der Waals surface area contributed by atoms with Crippen LogP contribution in [0.3, 0.4) is 0 Å². The second-order valence-corrected chi connectivity index (χ2v) is 9.39. The second kappa shape index (κ2) is 12.6. The number of amides is 1. The molecule has 3 aromatic rings. The highest BCUT2D eigenvalue weighted by molar-refractivity contribution is 7.13. The molecule has 1 aliphatic rings. The smallest absolute Gasteiger partial charge is 0.226 e. The van der Waals surface area contributed by atoms with Gasteiger partial charge in [0.1, 0.15) is 12.4 Å². The van der Waals surface area contributed by atoms with E-state index in [-0.39, 0.29) is 5.91 Å². The van der Waals surface area contributed by atoms with Crippen LogP contribution < -0.4 is 10.1 Å². The first-order valence-electron chi connectivity index (χ1n) is 11.8. The first kappa shape index (κ1) is 24.4. The number of carbonyl (C=O) groups excluding carboxylic acids is 1. The van der Waals surface area contributed by atoms with Crippen molar-refractivity contribution in [3.05, 3.63) is 53.2 Å². The molecule has 8 nitrogen and oxygen atoms in total. The van der Waals surface area contributed by atoms with Crippen molar-refractivity contribution in [2.75, 3.05) is 33.4 Å². The fourth-order valence-corrected chi connectivity index (χ4v) is 4.56. The van der Waals surface area contributed by atoms with Crippen molar-refractivity contribution in [1.29, 1.82) is 0 Å². The molecule has 0 spiro atoms. The van der Waals surface area contributed by atoms with E-state index in [9.17, 15) is 4.79 Å². The Morgan fingerprint density at radius 2 is 2.15 bits per heavy atom. The maximum atomic E-state index is 12.3. The van der Waals surface area contributed by atoms with Crippen molar-refractivity contribution in [2.45, 2.75) is 44.7 Å².